The summed E-state index contributed by atoms with van der Waals surface area (Å²) < 4.78 is 6.03. The monoisotopic (exact) mass is 388 g/mol. The number of amides is 1. The van der Waals surface area contributed by atoms with Gasteiger partial charge in [0.25, 0.3) is 0 Å². The number of aromatic amines is 1. The van der Waals surface area contributed by atoms with Crippen LogP contribution in [0.3, 0.4) is 0 Å². The highest BCUT2D eigenvalue weighted by Crippen LogP contribution is 2.35. The zero-order valence-corrected chi connectivity index (χ0v) is 14.5. The standard InChI is InChI=1S/C16H13BrN4O3/c1-8(22)19-16-20-14(15(21-16)24-9(2)23)5-10-7-18-13-4-3-11(17)6-12(10)13/h3-7H,1-2H3,(H2,19,20,21,22)/b10-5+. The smallest absolute Gasteiger partial charge is 0.309 e. The molecule has 122 valence electrons. The first kappa shape index (κ1) is 16.1. The van der Waals surface area contributed by atoms with E-state index in [-0.39, 0.29) is 17.7 Å². The summed E-state index contributed by atoms with van der Waals surface area (Å²) in [4.78, 5) is 33.8. The van der Waals surface area contributed by atoms with Crippen molar-refractivity contribution >= 4 is 57.3 Å². The molecule has 1 amide bonds. The number of hydrogen-bond donors (Lipinski definition) is 2. The van der Waals surface area contributed by atoms with Crippen LogP contribution in [0.2, 0.25) is 0 Å². The Balaban J connectivity index is 2.02. The van der Waals surface area contributed by atoms with E-state index in [1.165, 1.54) is 13.8 Å². The number of ether oxygens (including phenoxy) is 1. The van der Waals surface area contributed by atoms with E-state index < -0.39 is 5.97 Å². The summed E-state index contributed by atoms with van der Waals surface area (Å²) in [5.41, 5.74) is 3.08. The van der Waals surface area contributed by atoms with E-state index in [9.17, 15) is 9.59 Å². The number of imidazole rings is 1. The lowest BCUT2D eigenvalue weighted by Crippen LogP contribution is -2.07. The maximum Gasteiger partial charge on any atom is 0.309 e. The molecule has 0 atom stereocenters. The third kappa shape index (κ3) is 3.43. The van der Waals surface area contributed by atoms with E-state index in [0.29, 0.717) is 5.69 Å². The van der Waals surface area contributed by atoms with Gasteiger partial charge in [-0.15, -0.1) is 0 Å². The van der Waals surface area contributed by atoms with Crippen molar-refractivity contribution in [2.45, 2.75) is 13.8 Å². The topological polar surface area (TPSA) is 96.4 Å². The molecule has 1 aliphatic heterocycles. The number of halogens is 1. The molecule has 0 spiro atoms. The first-order valence-electron chi connectivity index (χ1n) is 7.04. The minimum absolute atomic E-state index is 0.0931. The molecule has 8 heteroatoms. The number of fused-ring (bicyclic) bond motifs is 1. The molecule has 0 unspecified atom stereocenters. The predicted octanol–water partition coefficient (Wildman–Crippen LogP) is 3.31. The fraction of sp³-hybridized carbons (Fsp3) is 0.125. The van der Waals surface area contributed by atoms with Crippen molar-refractivity contribution in [3.8, 4) is 5.88 Å². The molecule has 2 aromatic rings. The summed E-state index contributed by atoms with van der Waals surface area (Å²) in [6.45, 7) is 2.65. The Kier molecular flexibility index (Phi) is 4.30. The molecule has 0 radical (unpaired) electrons. The van der Waals surface area contributed by atoms with Gasteiger partial charge in [0.2, 0.25) is 17.7 Å². The molecule has 0 aliphatic carbocycles. The second-order valence-electron chi connectivity index (χ2n) is 5.10. The Labute approximate surface area is 146 Å². The molecule has 0 bridgehead atoms. The Morgan fingerprint density at radius 2 is 2.12 bits per heavy atom. The van der Waals surface area contributed by atoms with Crippen molar-refractivity contribution in [2.75, 3.05) is 5.32 Å². The molecule has 1 aromatic heterocycles. The summed E-state index contributed by atoms with van der Waals surface area (Å²) in [7, 11) is 0. The maximum absolute atomic E-state index is 11.3. The molecular formula is C16H13BrN4O3. The highest BCUT2D eigenvalue weighted by molar-refractivity contribution is 9.10. The normalized spacial score (nSPS) is 13.9. The van der Waals surface area contributed by atoms with Gasteiger partial charge in [-0.2, -0.15) is 4.98 Å². The fourth-order valence-corrected chi connectivity index (χ4v) is 2.60. The van der Waals surface area contributed by atoms with Crippen LogP contribution >= 0.6 is 15.9 Å². The van der Waals surface area contributed by atoms with Gasteiger partial charge in [0.15, 0.2) is 0 Å². The first-order chi connectivity index (χ1) is 11.4. The van der Waals surface area contributed by atoms with Crippen LogP contribution in [-0.4, -0.2) is 28.1 Å². The van der Waals surface area contributed by atoms with E-state index in [1.807, 2.05) is 18.2 Å². The van der Waals surface area contributed by atoms with Gasteiger partial charge in [-0.3, -0.25) is 19.9 Å². The van der Waals surface area contributed by atoms with Crippen molar-refractivity contribution in [3.63, 3.8) is 0 Å². The van der Waals surface area contributed by atoms with Crippen LogP contribution in [-0.2, 0) is 9.59 Å². The lowest BCUT2D eigenvalue weighted by Gasteiger charge is -2.01. The minimum Gasteiger partial charge on any atom is -0.405 e. The molecule has 1 aromatic carbocycles. The minimum atomic E-state index is -0.501. The first-order valence-corrected chi connectivity index (χ1v) is 7.83. The van der Waals surface area contributed by atoms with Gasteiger partial charge in [0.05, 0.1) is 5.69 Å². The van der Waals surface area contributed by atoms with Crippen molar-refractivity contribution in [1.82, 2.24) is 9.97 Å². The van der Waals surface area contributed by atoms with Crippen LogP contribution in [0.15, 0.2) is 27.7 Å². The van der Waals surface area contributed by atoms with Gasteiger partial charge in [-0.05, 0) is 24.3 Å². The zero-order valence-electron chi connectivity index (χ0n) is 12.9. The van der Waals surface area contributed by atoms with Gasteiger partial charge in [0.1, 0.15) is 5.69 Å². The van der Waals surface area contributed by atoms with Crippen LogP contribution in [0, 0.1) is 0 Å². The third-order valence-electron chi connectivity index (χ3n) is 3.14. The van der Waals surface area contributed by atoms with Gasteiger partial charge in [-0.25, -0.2) is 0 Å². The van der Waals surface area contributed by atoms with Gasteiger partial charge < -0.3 is 9.72 Å². The molecule has 1 aliphatic rings. The van der Waals surface area contributed by atoms with Crippen LogP contribution in [0.1, 0.15) is 25.1 Å². The SMILES string of the molecule is CC(=O)Nc1nc(OC(C)=O)c(/C=C2\C=Nc3ccc(Br)cc32)[nH]1. The number of nitrogens with zero attached hydrogens (tertiary/aromatic N) is 2. The summed E-state index contributed by atoms with van der Waals surface area (Å²) in [5.74, 6) is -0.488. The van der Waals surface area contributed by atoms with E-state index >= 15 is 0 Å². The van der Waals surface area contributed by atoms with E-state index in [0.717, 1.165) is 21.3 Å². The average molecular weight is 389 g/mol. The number of nitrogens with one attached hydrogen (secondary N) is 2. The molecule has 24 heavy (non-hydrogen) atoms. The molecule has 3 rings (SSSR count). The molecule has 2 N–H and O–H groups in total. The number of hydrogen-bond acceptors (Lipinski definition) is 5. The third-order valence-corrected chi connectivity index (χ3v) is 3.64. The van der Waals surface area contributed by atoms with Crippen LogP contribution in [0.25, 0.3) is 11.6 Å². The number of H-pyrrole nitrogens is 1. The second-order valence-corrected chi connectivity index (χ2v) is 6.01. The maximum atomic E-state index is 11.3. The molecule has 0 saturated carbocycles. The number of allylic oxidation sites excluding steroid dienone is 1. The number of carbonyl (C=O) groups excluding carboxylic acids is 2. The van der Waals surface area contributed by atoms with Crippen LogP contribution in [0.5, 0.6) is 5.88 Å². The fourth-order valence-electron chi connectivity index (χ4n) is 2.24. The van der Waals surface area contributed by atoms with E-state index in [4.69, 9.17) is 4.74 Å². The highest BCUT2D eigenvalue weighted by atomic mass is 79.9. The predicted molar refractivity (Wildman–Crippen MR) is 94.4 cm³/mol. The number of carbonyl (C=O) groups is 2. The molecule has 2 heterocycles. The quantitative estimate of drug-likeness (QED) is 0.788. The Morgan fingerprint density at radius 3 is 2.83 bits per heavy atom. The number of aliphatic imine (C=N–C) groups is 1. The summed E-state index contributed by atoms with van der Waals surface area (Å²) in [5, 5.41) is 2.52. The highest BCUT2D eigenvalue weighted by Gasteiger charge is 2.17. The Bertz CT molecular complexity index is 899. The van der Waals surface area contributed by atoms with Crippen LogP contribution < -0.4 is 10.1 Å². The Morgan fingerprint density at radius 1 is 1.33 bits per heavy atom. The van der Waals surface area contributed by atoms with Crippen molar-refractivity contribution in [3.05, 3.63) is 33.9 Å². The van der Waals surface area contributed by atoms with E-state index in [2.05, 4.69) is 36.2 Å². The number of rotatable bonds is 3. The van der Waals surface area contributed by atoms with Gasteiger partial charge in [0, 0.05) is 35.7 Å². The van der Waals surface area contributed by atoms with Crippen molar-refractivity contribution in [2.24, 2.45) is 4.99 Å². The zero-order chi connectivity index (χ0) is 17.3. The summed E-state index contributed by atoms with van der Waals surface area (Å²) in [6, 6.07) is 5.76. The summed E-state index contributed by atoms with van der Waals surface area (Å²) in [6.07, 6.45) is 3.48. The lowest BCUT2D eigenvalue weighted by molar-refractivity contribution is -0.132. The molecule has 0 fully saturated rings. The molecule has 0 saturated heterocycles. The largest absolute Gasteiger partial charge is 0.405 e. The van der Waals surface area contributed by atoms with E-state index in [1.54, 1.807) is 12.3 Å². The Hall–Kier alpha value is -2.74. The average Bonchev–Trinajstić information content (AvgIpc) is 3.03. The van der Waals surface area contributed by atoms with Crippen molar-refractivity contribution < 1.29 is 14.3 Å². The van der Waals surface area contributed by atoms with Crippen molar-refractivity contribution in [1.29, 1.82) is 0 Å². The molecule has 7 nitrogen and oxygen atoms in total. The lowest BCUT2D eigenvalue weighted by atomic mass is 10.1. The number of benzene rings is 1. The number of anilines is 1. The summed E-state index contributed by atoms with van der Waals surface area (Å²) >= 11 is 3.44. The number of aromatic nitrogens is 2. The van der Waals surface area contributed by atoms with Gasteiger partial charge >= 0.3 is 5.97 Å². The second kappa shape index (κ2) is 6.40. The van der Waals surface area contributed by atoms with Gasteiger partial charge in [-0.1, -0.05) is 15.9 Å². The molecular weight excluding hydrogens is 376 g/mol. The number of esters is 1. The van der Waals surface area contributed by atoms with Crippen LogP contribution in [0.4, 0.5) is 11.6 Å².